The quantitative estimate of drug-likeness (QED) is 0.623. The highest BCUT2D eigenvalue weighted by Gasteiger charge is 2.31. The van der Waals surface area contributed by atoms with Crippen LogP contribution in [0.2, 0.25) is 0 Å². The number of nitrogens with zero attached hydrogens (tertiary/aromatic N) is 4. The number of amides is 1. The summed E-state index contributed by atoms with van der Waals surface area (Å²) >= 11 is 0. The second kappa shape index (κ2) is 12.8. The van der Waals surface area contributed by atoms with Gasteiger partial charge in [-0.1, -0.05) is 44.2 Å². The molecule has 33 heavy (non-hydrogen) atoms. The average molecular weight is 456 g/mol. The monoisotopic (exact) mass is 455 g/mol. The molecule has 1 atom stereocenters. The lowest BCUT2D eigenvalue weighted by Crippen LogP contribution is -2.34. The molecule has 0 spiro atoms. The van der Waals surface area contributed by atoms with Crippen molar-refractivity contribution in [1.82, 2.24) is 14.9 Å². The molecule has 2 aromatic carbocycles. The summed E-state index contributed by atoms with van der Waals surface area (Å²) in [7, 11) is 1.58. The number of aromatic nitrogens is 2. The van der Waals surface area contributed by atoms with E-state index in [1.807, 2.05) is 13.8 Å². The van der Waals surface area contributed by atoms with Gasteiger partial charge in [0.2, 0.25) is 0 Å². The highest BCUT2D eigenvalue weighted by atomic mass is 19.1. The van der Waals surface area contributed by atoms with Gasteiger partial charge < -0.3 is 10.5 Å². The van der Waals surface area contributed by atoms with Crippen LogP contribution < -0.4 is 10.5 Å². The molecule has 1 amide bonds. The van der Waals surface area contributed by atoms with Crippen molar-refractivity contribution in [2.45, 2.75) is 19.9 Å². The van der Waals surface area contributed by atoms with Crippen LogP contribution in [0.5, 0.6) is 5.75 Å². The van der Waals surface area contributed by atoms with Gasteiger partial charge in [-0.3, -0.25) is 9.69 Å². The van der Waals surface area contributed by atoms with E-state index in [0.29, 0.717) is 16.9 Å². The topological polar surface area (TPSA) is 93.7 Å². The summed E-state index contributed by atoms with van der Waals surface area (Å²) in [5.41, 5.74) is 7.54. The molecule has 0 bridgehead atoms. The van der Waals surface area contributed by atoms with Gasteiger partial charge in [0.15, 0.2) is 12.0 Å². The van der Waals surface area contributed by atoms with Gasteiger partial charge in [0.05, 0.1) is 0 Å². The standard InChI is InChI=1S/C12H14FN3O2.C10H7FN2.C2H6/c1-16-11(17)10(15-12(16)14)8-2-4-9(5-3-8)18-7-6-13;11-10-4-2-1-3-9(10)8-5-12-7-13-6-8;1-2/h2-5,10H,6-7H2,1H3,(H2,14,15);1-7H;1-2H3. The maximum atomic E-state index is 13.2. The van der Waals surface area contributed by atoms with Crippen LogP contribution in [0.25, 0.3) is 11.1 Å². The van der Waals surface area contributed by atoms with Crippen molar-refractivity contribution < 1.29 is 18.3 Å². The number of carbonyl (C=O) groups is 1. The Labute approximate surface area is 192 Å². The normalized spacial score (nSPS) is 14.5. The smallest absolute Gasteiger partial charge is 0.258 e. The predicted octanol–water partition coefficient (Wildman–Crippen LogP) is 4.17. The highest BCUT2D eigenvalue weighted by Crippen LogP contribution is 2.26. The second-order valence-electron chi connectivity index (χ2n) is 6.50. The van der Waals surface area contributed by atoms with Crippen LogP contribution in [-0.2, 0) is 4.79 Å². The zero-order chi connectivity index (χ0) is 24.2. The fraction of sp³-hybridized carbons (Fsp3) is 0.250. The van der Waals surface area contributed by atoms with E-state index in [4.69, 9.17) is 10.5 Å². The van der Waals surface area contributed by atoms with Crippen molar-refractivity contribution in [3.05, 3.63) is 78.6 Å². The molecule has 0 saturated carbocycles. The van der Waals surface area contributed by atoms with Crippen molar-refractivity contribution in [3.8, 4) is 16.9 Å². The predicted molar refractivity (Wildman–Crippen MR) is 124 cm³/mol. The van der Waals surface area contributed by atoms with Gasteiger partial charge in [-0.2, -0.15) is 0 Å². The summed E-state index contributed by atoms with van der Waals surface area (Å²) in [6.45, 7) is 3.49. The average Bonchev–Trinajstić information content (AvgIpc) is 3.13. The van der Waals surface area contributed by atoms with Gasteiger partial charge in [-0.25, -0.2) is 23.7 Å². The number of hydrogen-bond donors (Lipinski definition) is 1. The number of nitrogens with two attached hydrogens (primary N) is 1. The van der Waals surface area contributed by atoms with Gasteiger partial charge in [-0.15, -0.1) is 0 Å². The molecule has 174 valence electrons. The van der Waals surface area contributed by atoms with E-state index in [-0.39, 0.29) is 24.3 Å². The summed E-state index contributed by atoms with van der Waals surface area (Å²) in [5.74, 6) is 0.358. The third-order valence-corrected chi connectivity index (χ3v) is 4.46. The zero-order valence-electron chi connectivity index (χ0n) is 18.8. The van der Waals surface area contributed by atoms with Crippen LogP contribution in [0.3, 0.4) is 0 Å². The summed E-state index contributed by atoms with van der Waals surface area (Å²) in [6, 6.07) is 12.8. The number of halogens is 2. The Morgan fingerprint density at radius 3 is 2.24 bits per heavy atom. The minimum Gasteiger partial charge on any atom is -0.491 e. The Morgan fingerprint density at radius 1 is 1.06 bits per heavy atom. The number of carbonyl (C=O) groups excluding carboxylic acids is 1. The third-order valence-electron chi connectivity index (χ3n) is 4.46. The molecule has 1 aromatic heterocycles. The number of ether oxygens (including phenoxy) is 1. The highest BCUT2D eigenvalue weighted by molar-refractivity contribution is 6.04. The first-order valence-corrected chi connectivity index (χ1v) is 10.4. The lowest BCUT2D eigenvalue weighted by Gasteiger charge is -2.10. The van der Waals surface area contributed by atoms with Crippen LogP contribution in [0.15, 0.2) is 72.2 Å². The van der Waals surface area contributed by atoms with Gasteiger partial charge in [0.1, 0.15) is 31.2 Å². The molecule has 1 aliphatic heterocycles. The van der Waals surface area contributed by atoms with E-state index in [1.54, 1.807) is 61.9 Å². The summed E-state index contributed by atoms with van der Waals surface area (Å²) < 4.78 is 30.3. The summed E-state index contributed by atoms with van der Waals surface area (Å²) in [6.07, 6.45) is 4.60. The minimum absolute atomic E-state index is 0.0234. The lowest BCUT2D eigenvalue weighted by atomic mass is 10.1. The Kier molecular flexibility index (Phi) is 9.88. The molecule has 1 unspecified atom stereocenters. The molecule has 0 fully saturated rings. The Hall–Kier alpha value is -3.88. The zero-order valence-corrected chi connectivity index (χ0v) is 18.8. The van der Waals surface area contributed by atoms with E-state index < -0.39 is 12.7 Å². The number of benzene rings is 2. The number of hydrogen-bond acceptors (Lipinski definition) is 6. The lowest BCUT2D eigenvalue weighted by molar-refractivity contribution is -0.126. The fourth-order valence-electron chi connectivity index (χ4n) is 2.82. The minimum atomic E-state index is -0.592. The molecule has 1 aliphatic rings. The number of alkyl halides is 1. The first-order valence-electron chi connectivity index (χ1n) is 10.4. The Bertz CT molecular complexity index is 1050. The van der Waals surface area contributed by atoms with Gasteiger partial charge in [0.25, 0.3) is 5.91 Å². The van der Waals surface area contributed by atoms with E-state index in [9.17, 15) is 13.6 Å². The van der Waals surface area contributed by atoms with Crippen LogP contribution in [0.1, 0.15) is 25.5 Å². The third kappa shape index (κ3) is 6.80. The molecule has 4 rings (SSSR count). The van der Waals surface area contributed by atoms with E-state index >= 15 is 0 Å². The molecule has 2 N–H and O–H groups in total. The maximum Gasteiger partial charge on any atom is 0.258 e. The van der Waals surface area contributed by atoms with Gasteiger partial charge in [-0.05, 0) is 23.8 Å². The van der Waals surface area contributed by atoms with E-state index in [0.717, 1.165) is 5.56 Å². The molecule has 3 aromatic rings. The van der Waals surface area contributed by atoms with Crippen molar-refractivity contribution in [3.63, 3.8) is 0 Å². The van der Waals surface area contributed by atoms with Gasteiger partial charge >= 0.3 is 0 Å². The van der Waals surface area contributed by atoms with Gasteiger partial charge in [0, 0.05) is 30.6 Å². The number of guanidine groups is 1. The molecule has 9 heteroatoms. The molecule has 0 aliphatic carbocycles. The molecular formula is C24H27F2N5O2. The van der Waals surface area contributed by atoms with Crippen molar-refractivity contribution in [2.24, 2.45) is 10.7 Å². The second-order valence-corrected chi connectivity index (χ2v) is 6.50. The molecule has 7 nitrogen and oxygen atoms in total. The van der Waals surface area contributed by atoms with Crippen LogP contribution >= 0.6 is 0 Å². The van der Waals surface area contributed by atoms with Crippen LogP contribution in [0, 0.1) is 5.82 Å². The number of likely N-dealkylation sites (N-methyl/N-ethyl adjacent to an activating group) is 1. The van der Waals surface area contributed by atoms with E-state index in [2.05, 4.69) is 15.0 Å². The van der Waals surface area contributed by atoms with Crippen molar-refractivity contribution >= 4 is 11.9 Å². The molecular weight excluding hydrogens is 428 g/mol. The molecule has 0 saturated heterocycles. The Balaban J connectivity index is 0.000000227. The molecule has 2 heterocycles. The summed E-state index contributed by atoms with van der Waals surface area (Å²) in [5, 5.41) is 0. The Morgan fingerprint density at radius 2 is 1.70 bits per heavy atom. The first kappa shape index (κ1) is 25.4. The SMILES string of the molecule is CC.CN1C(=O)C(c2ccc(OCCF)cc2)N=C1N.Fc1ccccc1-c1cncnc1. The van der Waals surface area contributed by atoms with Crippen LogP contribution in [-0.4, -0.2) is 47.1 Å². The number of rotatable bonds is 5. The van der Waals surface area contributed by atoms with Crippen LogP contribution in [0.4, 0.5) is 8.78 Å². The maximum absolute atomic E-state index is 13.2. The van der Waals surface area contributed by atoms with E-state index in [1.165, 1.54) is 17.3 Å². The number of aliphatic imine (C=N–C) groups is 1. The summed E-state index contributed by atoms with van der Waals surface area (Å²) in [4.78, 5) is 24.9. The molecule has 0 radical (unpaired) electrons. The first-order chi connectivity index (χ1) is 16.0. The van der Waals surface area contributed by atoms with Crippen molar-refractivity contribution in [2.75, 3.05) is 20.3 Å². The van der Waals surface area contributed by atoms with Crippen molar-refractivity contribution in [1.29, 1.82) is 0 Å². The largest absolute Gasteiger partial charge is 0.491 e. The fourth-order valence-corrected chi connectivity index (χ4v) is 2.82.